The molecule has 1 unspecified atom stereocenters. The summed E-state index contributed by atoms with van der Waals surface area (Å²) in [5.41, 5.74) is 1.32. The normalized spacial score (nSPS) is 12.0. The summed E-state index contributed by atoms with van der Waals surface area (Å²) in [4.78, 5) is 22.0. The quantitative estimate of drug-likeness (QED) is 0.668. The molecule has 1 aromatic carbocycles. The molecule has 0 fully saturated rings. The van der Waals surface area contributed by atoms with Crippen LogP contribution in [0.15, 0.2) is 30.3 Å². The van der Waals surface area contributed by atoms with E-state index in [0.29, 0.717) is 23.7 Å². The van der Waals surface area contributed by atoms with E-state index in [4.69, 9.17) is 5.11 Å². The van der Waals surface area contributed by atoms with E-state index in [1.165, 1.54) is 6.08 Å². The van der Waals surface area contributed by atoms with E-state index in [9.17, 15) is 13.8 Å². The lowest BCUT2D eigenvalue weighted by Crippen LogP contribution is -2.32. The van der Waals surface area contributed by atoms with Gasteiger partial charge in [0.2, 0.25) is 0 Å². The maximum absolute atomic E-state index is 11.6. The van der Waals surface area contributed by atoms with Crippen LogP contribution in [0.2, 0.25) is 0 Å². The highest BCUT2D eigenvalue weighted by Gasteiger charge is 2.02. The molecule has 2 amide bonds. The first-order valence-corrected chi connectivity index (χ1v) is 7.91. The number of nitrogens with one attached hydrogen (secondary N) is 2. The highest BCUT2D eigenvalue weighted by atomic mass is 32.2. The van der Waals surface area contributed by atoms with Crippen molar-refractivity contribution in [1.29, 1.82) is 0 Å². The SMILES string of the molecule is CCS(=O)CCNC(=O)Nc1ccc(/C=C/C(=O)O)cc1. The molecule has 1 aromatic rings. The van der Waals surface area contributed by atoms with Crippen molar-refractivity contribution < 1.29 is 18.9 Å². The molecule has 0 aliphatic carbocycles. The molecule has 0 bridgehead atoms. The lowest BCUT2D eigenvalue weighted by Gasteiger charge is -2.07. The number of anilines is 1. The first-order chi connectivity index (χ1) is 10.0. The standard InChI is InChI=1S/C14H18N2O4S/c1-2-21(20)10-9-15-14(19)16-12-6-3-11(4-7-12)5-8-13(17)18/h3-8H,2,9-10H2,1H3,(H,17,18)(H2,15,16,19)/b8-5+. The van der Waals surface area contributed by atoms with Gasteiger partial charge < -0.3 is 15.7 Å². The highest BCUT2D eigenvalue weighted by Crippen LogP contribution is 2.10. The molecule has 0 aliphatic heterocycles. The van der Waals surface area contributed by atoms with Gasteiger partial charge in [-0.15, -0.1) is 0 Å². The number of urea groups is 1. The van der Waals surface area contributed by atoms with Gasteiger partial charge in [-0.05, 0) is 23.8 Å². The Balaban J connectivity index is 2.42. The first-order valence-electron chi connectivity index (χ1n) is 6.42. The van der Waals surface area contributed by atoms with Crippen LogP contribution in [-0.2, 0) is 15.6 Å². The monoisotopic (exact) mass is 310 g/mol. The van der Waals surface area contributed by atoms with Crippen LogP contribution in [0.1, 0.15) is 12.5 Å². The van der Waals surface area contributed by atoms with E-state index < -0.39 is 16.8 Å². The van der Waals surface area contributed by atoms with Crippen molar-refractivity contribution in [3.63, 3.8) is 0 Å². The summed E-state index contributed by atoms with van der Waals surface area (Å²) in [6.45, 7) is 2.18. The van der Waals surface area contributed by atoms with Gasteiger partial charge in [0.25, 0.3) is 0 Å². The number of amides is 2. The molecule has 0 saturated carbocycles. The molecule has 7 heteroatoms. The third-order valence-corrected chi connectivity index (χ3v) is 3.83. The molecule has 21 heavy (non-hydrogen) atoms. The van der Waals surface area contributed by atoms with Crippen molar-refractivity contribution in [2.45, 2.75) is 6.92 Å². The molecule has 0 spiro atoms. The van der Waals surface area contributed by atoms with Crippen molar-refractivity contribution in [1.82, 2.24) is 5.32 Å². The van der Waals surface area contributed by atoms with Gasteiger partial charge in [-0.25, -0.2) is 9.59 Å². The molecule has 0 heterocycles. The summed E-state index contributed by atoms with van der Waals surface area (Å²) in [5.74, 6) is -0.00155. The Morgan fingerprint density at radius 1 is 1.29 bits per heavy atom. The van der Waals surface area contributed by atoms with Gasteiger partial charge in [0.1, 0.15) is 0 Å². The molecule has 114 valence electrons. The number of carbonyl (C=O) groups excluding carboxylic acids is 1. The summed E-state index contributed by atoms with van der Waals surface area (Å²) >= 11 is 0. The Hall–Kier alpha value is -2.15. The second-order valence-corrected chi connectivity index (χ2v) is 5.97. The third-order valence-electron chi connectivity index (χ3n) is 2.52. The van der Waals surface area contributed by atoms with Crippen LogP contribution in [-0.4, -0.2) is 39.4 Å². The van der Waals surface area contributed by atoms with Crippen molar-refractivity contribution in [3.05, 3.63) is 35.9 Å². The van der Waals surface area contributed by atoms with E-state index in [2.05, 4.69) is 10.6 Å². The van der Waals surface area contributed by atoms with Gasteiger partial charge >= 0.3 is 12.0 Å². The fraction of sp³-hybridized carbons (Fsp3) is 0.286. The molecular formula is C14H18N2O4S. The summed E-state index contributed by atoms with van der Waals surface area (Å²) in [6.07, 6.45) is 2.51. The van der Waals surface area contributed by atoms with E-state index in [1.54, 1.807) is 24.3 Å². The number of carboxylic acid groups (broad SMARTS) is 1. The van der Waals surface area contributed by atoms with Crippen LogP contribution in [0.5, 0.6) is 0 Å². The lowest BCUT2D eigenvalue weighted by atomic mass is 10.2. The maximum atomic E-state index is 11.6. The number of carboxylic acids is 1. The minimum Gasteiger partial charge on any atom is -0.478 e. The molecule has 1 atom stereocenters. The smallest absolute Gasteiger partial charge is 0.328 e. The number of rotatable bonds is 7. The summed E-state index contributed by atoms with van der Waals surface area (Å²) in [6, 6.07) is 6.37. The van der Waals surface area contributed by atoms with Crippen LogP contribution in [0.3, 0.4) is 0 Å². The molecular weight excluding hydrogens is 292 g/mol. The van der Waals surface area contributed by atoms with E-state index in [1.807, 2.05) is 6.92 Å². The van der Waals surface area contributed by atoms with Gasteiger partial charge in [0.05, 0.1) is 0 Å². The minimum absolute atomic E-state index is 0.353. The average molecular weight is 310 g/mol. The second-order valence-electron chi connectivity index (χ2n) is 4.11. The highest BCUT2D eigenvalue weighted by molar-refractivity contribution is 7.84. The molecule has 0 aliphatic rings. The van der Waals surface area contributed by atoms with E-state index in [-0.39, 0.29) is 6.03 Å². The van der Waals surface area contributed by atoms with Crippen molar-refractivity contribution in [2.24, 2.45) is 0 Å². The number of hydrogen-bond donors (Lipinski definition) is 3. The maximum Gasteiger partial charge on any atom is 0.328 e. The zero-order valence-electron chi connectivity index (χ0n) is 11.7. The number of hydrogen-bond acceptors (Lipinski definition) is 3. The van der Waals surface area contributed by atoms with Crippen molar-refractivity contribution in [3.8, 4) is 0 Å². The Morgan fingerprint density at radius 3 is 2.52 bits per heavy atom. The topological polar surface area (TPSA) is 95.5 Å². The largest absolute Gasteiger partial charge is 0.478 e. The van der Waals surface area contributed by atoms with Crippen molar-refractivity contribution in [2.75, 3.05) is 23.4 Å². The summed E-state index contributed by atoms with van der Waals surface area (Å²) in [7, 11) is -0.897. The summed E-state index contributed by atoms with van der Waals surface area (Å²) in [5, 5.41) is 13.8. The number of aliphatic carboxylic acids is 1. The predicted molar refractivity (Wildman–Crippen MR) is 83.7 cm³/mol. The van der Waals surface area contributed by atoms with E-state index >= 15 is 0 Å². The second kappa shape index (κ2) is 8.91. The molecule has 0 radical (unpaired) electrons. The fourth-order valence-electron chi connectivity index (χ4n) is 1.44. The Morgan fingerprint density at radius 2 is 1.95 bits per heavy atom. The Kier molecular flexibility index (Phi) is 7.17. The van der Waals surface area contributed by atoms with Crippen LogP contribution in [0, 0.1) is 0 Å². The number of carbonyl (C=O) groups is 2. The Labute approximate surface area is 125 Å². The fourth-order valence-corrected chi connectivity index (χ4v) is 2.06. The Bertz CT molecular complexity index is 540. The predicted octanol–water partition coefficient (Wildman–Crippen LogP) is 1.67. The van der Waals surface area contributed by atoms with Crippen LogP contribution < -0.4 is 10.6 Å². The van der Waals surface area contributed by atoms with E-state index in [0.717, 1.165) is 11.6 Å². The molecule has 1 rings (SSSR count). The van der Waals surface area contributed by atoms with Gasteiger partial charge in [-0.1, -0.05) is 19.1 Å². The third kappa shape index (κ3) is 7.26. The van der Waals surface area contributed by atoms with Crippen molar-refractivity contribution >= 4 is 34.6 Å². The van der Waals surface area contributed by atoms with Crippen LogP contribution in [0.4, 0.5) is 10.5 Å². The van der Waals surface area contributed by atoms with Gasteiger partial charge in [0.15, 0.2) is 0 Å². The average Bonchev–Trinajstić information content (AvgIpc) is 2.46. The van der Waals surface area contributed by atoms with Gasteiger partial charge in [-0.3, -0.25) is 4.21 Å². The minimum atomic E-state index is -1.01. The molecule has 0 aromatic heterocycles. The molecule has 0 saturated heterocycles. The number of benzene rings is 1. The lowest BCUT2D eigenvalue weighted by molar-refractivity contribution is -0.131. The van der Waals surface area contributed by atoms with Crippen LogP contribution >= 0.6 is 0 Å². The summed E-state index contributed by atoms with van der Waals surface area (Å²) < 4.78 is 11.2. The van der Waals surface area contributed by atoms with Gasteiger partial charge in [-0.2, -0.15) is 0 Å². The molecule has 3 N–H and O–H groups in total. The first kappa shape index (κ1) is 16.9. The van der Waals surface area contributed by atoms with Gasteiger partial charge in [0, 0.05) is 40.6 Å². The zero-order chi connectivity index (χ0) is 15.7. The zero-order valence-corrected chi connectivity index (χ0v) is 12.5. The molecule has 6 nitrogen and oxygen atoms in total. The van der Waals surface area contributed by atoms with Crippen LogP contribution in [0.25, 0.3) is 6.08 Å².